The molecule has 0 amide bonds. The van der Waals surface area contributed by atoms with Crippen LogP contribution in [-0.4, -0.2) is 16.7 Å². The molecule has 2 aromatic heterocycles. The highest BCUT2D eigenvalue weighted by molar-refractivity contribution is 7.21. The summed E-state index contributed by atoms with van der Waals surface area (Å²) in [7, 11) is 0. The molecule has 0 radical (unpaired) electrons. The standard InChI is InChI=1S/C14H21N3S2/c1-4-8-15-11(6-3)13-16-17-14(19-13)12-10(5-2)7-9-18-12/h7,9,11,15H,4-6,8H2,1-3H3. The van der Waals surface area contributed by atoms with Gasteiger partial charge in [0.2, 0.25) is 0 Å². The third-order valence-corrected chi connectivity index (χ3v) is 5.26. The lowest BCUT2D eigenvalue weighted by Crippen LogP contribution is -2.21. The third-order valence-electron chi connectivity index (χ3n) is 3.11. The molecule has 5 heteroatoms. The fraction of sp³-hybridized carbons (Fsp3) is 0.571. The second-order valence-electron chi connectivity index (χ2n) is 4.49. The Morgan fingerprint density at radius 3 is 2.79 bits per heavy atom. The van der Waals surface area contributed by atoms with Crippen molar-refractivity contribution in [1.29, 1.82) is 0 Å². The van der Waals surface area contributed by atoms with E-state index in [4.69, 9.17) is 0 Å². The zero-order valence-corrected chi connectivity index (χ0v) is 13.4. The zero-order valence-electron chi connectivity index (χ0n) is 11.8. The minimum Gasteiger partial charge on any atom is -0.308 e. The van der Waals surface area contributed by atoms with E-state index in [-0.39, 0.29) is 0 Å². The SMILES string of the molecule is CCCNC(CC)c1nnc(-c2sccc2CC)s1. The van der Waals surface area contributed by atoms with Crippen molar-refractivity contribution in [3.63, 3.8) is 0 Å². The zero-order chi connectivity index (χ0) is 13.7. The maximum Gasteiger partial charge on any atom is 0.158 e. The molecule has 2 aromatic rings. The Morgan fingerprint density at radius 2 is 2.11 bits per heavy atom. The van der Waals surface area contributed by atoms with Crippen molar-refractivity contribution in [3.05, 3.63) is 22.0 Å². The van der Waals surface area contributed by atoms with Crippen molar-refractivity contribution in [2.24, 2.45) is 0 Å². The van der Waals surface area contributed by atoms with Crippen LogP contribution in [-0.2, 0) is 6.42 Å². The summed E-state index contributed by atoms with van der Waals surface area (Å²) in [5.41, 5.74) is 1.38. The first-order chi connectivity index (χ1) is 9.30. The largest absolute Gasteiger partial charge is 0.308 e. The number of rotatable bonds is 7. The van der Waals surface area contributed by atoms with Crippen LogP contribution in [0.15, 0.2) is 11.4 Å². The number of nitrogens with zero attached hydrogens (tertiary/aromatic N) is 2. The number of aromatic nitrogens is 2. The van der Waals surface area contributed by atoms with Crippen LogP contribution < -0.4 is 5.32 Å². The van der Waals surface area contributed by atoms with Crippen molar-refractivity contribution in [3.8, 4) is 9.88 Å². The Kier molecular flexibility index (Phi) is 5.48. The van der Waals surface area contributed by atoms with E-state index in [9.17, 15) is 0 Å². The lowest BCUT2D eigenvalue weighted by molar-refractivity contribution is 0.513. The Hall–Kier alpha value is -0.780. The van der Waals surface area contributed by atoms with Crippen LogP contribution in [0.1, 0.15) is 50.2 Å². The van der Waals surface area contributed by atoms with E-state index in [2.05, 4.69) is 47.7 Å². The number of thiophene rings is 1. The van der Waals surface area contributed by atoms with E-state index in [1.807, 2.05) is 0 Å². The summed E-state index contributed by atoms with van der Waals surface area (Å²) < 4.78 is 0. The molecule has 1 N–H and O–H groups in total. The average Bonchev–Trinajstić information content (AvgIpc) is 3.07. The van der Waals surface area contributed by atoms with E-state index in [1.165, 1.54) is 10.4 Å². The molecule has 3 nitrogen and oxygen atoms in total. The molecule has 19 heavy (non-hydrogen) atoms. The van der Waals surface area contributed by atoms with Crippen LogP contribution in [0, 0.1) is 0 Å². The predicted octanol–water partition coefficient (Wildman–Crippen LogP) is 4.28. The summed E-state index contributed by atoms with van der Waals surface area (Å²) in [5, 5.41) is 16.6. The fourth-order valence-corrected chi connectivity index (χ4v) is 4.11. The minimum atomic E-state index is 0.344. The Bertz CT molecular complexity index is 504. The summed E-state index contributed by atoms with van der Waals surface area (Å²) in [6.45, 7) is 7.60. The van der Waals surface area contributed by atoms with Gasteiger partial charge in [-0.1, -0.05) is 32.1 Å². The molecule has 0 aliphatic carbocycles. The first-order valence-electron chi connectivity index (χ1n) is 6.93. The van der Waals surface area contributed by atoms with Gasteiger partial charge in [-0.3, -0.25) is 0 Å². The third kappa shape index (κ3) is 3.41. The molecule has 104 valence electrons. The van der Waals surface area contributed by atoms with Crippen molar-refractivity contribution in [2.75, 3.05) is 6.54 Å². The van der Waals surface area contributed by atoms with Crippen LogP contribution in [0.3, 0.4) is 0 Å². The van der Waals surface area contributed by atoms with Gasteiger partial charge in [0.15, 0.2) is 5.01 Å². The average molecular weight is 295 g/mol. The highest BCUT2D eigenvalue weighted by atomic mass is 32.1. The molecule has 2 heterocycles. The van der Waals surface area contributed by atoms with E-state index >= 15 is 0 Å². The monoisotopic (exact) mass is 295 g/mol. The molecule has 1 atom stereocenters. The van der Waals surface area contributed by atoms with Crippen LogP contribution >= 0.6 is 22.7 Å². The number of nitrogens with one attached hydrogen (secondary N) is 1. The normalized spacial score (nSPS) is 12.8. The first-order valence-corrected chi connectivity index (χ1v) is 8.63. The maximum atomic E-state index is 4.38. The summed E-state index contributed by atoms with van der Waals surface area (Å²) in [4.78, 5) is 1.29. The Morgan fingerprint density at radius 1 is 1.26 bits per heavy atom. The lowest BCUT2D eigenvalue weighted by Gasteiger charge is -2.12. The molecule has 0 saturated heterocycles. The topological polar surface area (TPSA) is 37.8 Å². The van der Waals surface area contributed by atoms with Crippen molar-refractivity contribution in [1.82, 2.24) is 15.5 Å². The van der Waals surface area contributed by atoms with Gasteiger partial charge in [-0.2, -0.15) is 0 Å². The summed E-state index contributed by atoms with van der Waals surface area (Å²) >= 11 is 3.49. The van der Waals surface area contributed by atoms with Crippen molar-refractivity contribution >= 4 is 22.7 Å². The molecule has 0 fully saturated rings. The van der Waals surface area contributed by atoms with Gasteiger partial charge in [0.05, 0.1) is 10.9 Å². The minimum absolute atomic E-state index is 0.344. The number of aryl methyl sites for hydroxylation is 1. The van der Waals surface area contributed by atoms with E-state index < -0.39 is 0 Å². The molecule has 0 aliphatic rings. The Labute approximate surface area is 123 Å². The van der Waals surface area contributed by atoms with E-state index in [1.54, 1.807) is 22.7 Å². The number of hydrogen-bond acceptors (Lipinski definition) is 5. The fourth-order valence-electron chi connectivity index (χ4n) is 1.99. The second-order valence-corrected chi connectivity index (χ2v) is 6.41. The second kappa shape index (κ2) is 7.12. The molecular weight excluding hydrogens is 274 g/mol. The highest BCUT2D eigenvalue weighted by Crippen LogP contribution is 2.34. The van der Waals surface area contributed by atoms with Gasteiger partial charge in [0.1, 0.15) is 5.01 Å². The van der Waals surface area contributed by atoms with Gasteiger partial charge in [0, 0.05) is 0 Å². The van der Waals surface area contributed by atoms with Crippen LogP contribution in [0.25, 0.3) is 9.88 Å². The van der Waals surface area contributed by atoms with Gasteiger partial charge in [0.25, 0.3) is 0 Å². The number of hydrogen-bond donors (Lipinski definition) is 1. The summed E-state index contributed by atoms with van der Waals surface area (Å²) in [6.07, 6.45) is 3.26. The van der Waals surface area contributed by atoms with Gasteiger partial charge >= 0.3 is 0 Å². The molecule has 0 bridgehead atoms. The van der Waals surface area contributed by atoms with Crippen LogP contribution in [0.4, 0.5) is 0 Å². The van der Waals surface area contributed by atoms with Gasteiger partial charge in [-0.25, -0.2) is 0 Å². The lowest BCUT2D eigenvalue weighted by atomic mass is 10.2. The molecule has 0 saturated carbocycles. The molecule has 2 rings (SSSR count). The van der Waals surface area contributed by atoms with Crippen molar-refractivity contribution in [2.45, 2.75) is 46.1 Å². The first kappa shape index (κ1) is 14.6. The van der Waals surface area contributed by atoms with E-state index in [0.29, 0.717) is 6.04 Å². The maximum absolute atomic E-state index is 4.38. The smallest absolute Gasteiger partial charge is 0.158 e. The molecule has 0 spiro atoms. The molecule has 0 aliphatic heterocycles. The van der Waals surface area contributed by atoms with Gasteiger partial charge in [-0.05, 0) is 42.8 Å². The van der Waals surface area contributed by atoms with Crippen LogP contribution in [0.2, 0.25) is 0 Å². The quantitative estimate of drug-likeness (QED) is 0.828. The molecular formula is C14H21N3S2. The summed E-state index contributed by atoms with van der Waals surface area (Å²) in [6, 6.07) is 2.53. The van der Waals surface area contributed by atoms with Gasteiger partial charge < -0.3 is 5.32 Å². The van der Waals surface area contributed by atoms with Crippen molar-refractivity contribution < 1.29 is 0 Å². The van der Waals surface area contributed by atoms with Crippen LogP contribution in [0.5, 0.6) is 0 Å². The highest BCUT2D eigenvalue weighted by Gasteiger charge is 2.16. The Balaban J connectivity index is 2.18. The molecule has 1 unspecified atom stereocenters. The predicted molar refractivity (Wildman–Crippen MR) is 83.9 cm³/mol. The van der Waals surface area contributed by atoms with Gasteiger partial charge in [-0.15, -0.1) is 21.5 Å². The molecule has 0 aromatic carbocycles. The summed E-state index contributed by atoms with van der Waals surface area (Å²) in [5.74, 6) is 0. The van der Waals surface area contributed by atoms with E-state index in [0.717, 1.165) is 35.8 Å².